The summed E-state index contributed by atoms with van der Waals surface area (Å²) < 4.78 is 0. The first kappa shape index (κ1) is 12.1. The van der Waals surface area contributed by atoms with Crippen LogP contribution in [0.15, 0.2) is 16.3 Å². The topological polar surface area (TPSA) is 50.4 Å². The van der Waals surface area contributed by atoms with Crippen LogP contribution in [0.2, 0.25) is 0 Å². The molecule has 3 rings (SSSR count). The molecule has 1 heterocycles. The molecule has 3 nitrogen and oxygen atoms in total. The van der Waals surface area contributed by atoms with Crippen LogP contribution >= 0.6 is 0 Å². The van der Waals surface area contributed by atoms with Gasteiger partial charge in [-0.05, 0) is 43.1 Å². The summed E-state index contributed by atoms with van der Waals surface area (Å²) in [4.78, 5) is 4.59. The Bertz CT molecular complexity index is 397. The molecule has 1 fully saturated rings. The number of guanidine groups is 1. The summed E-state index contributed by atoms with van der Waals surface area (Å²) in [6.07, 6.45) is 7.79. The molecule has 3 heteroatoms. The fourth-order valence-electron chi connectivity index (χ4n) is 4.43. The van der Waals surface area contributed by atoms with Gasteiger partial charge in [-0.1, -0.05) is 26.7 Å². The van der Waals surface area contributed by atoms with Gasteiger partial charge in [0.25, 0.3) is 0 Å². The number of nitrogens with one attached hydrogen (secondary N) is 1. The van der Waals surface area contributed by atoms with Crippen LogP contribution in [0, 0.1) is 17.8 Å². The van der Waals surface area contributed by atoms with Crippen molar-refractivity contribution in [1.29, 1.82) is 0 Å². The molecule has 0 bridgehead atoms. The quantitative estimate of drug-likeness (QED) is 0.805. The minimum absolute atomic E-state index is 0.405. The van der Waals surface area contributed by atoms with Crippen LogP contribution in [0.1, 0.15) is 52.4 Å². The van der Waals surface area contributed by atoms with Gasteiger partial charge in [0.05, 0.1) is 6.04 Å². The maximum absolute atomic E-state index is 5.97. The van der Waals surface area contributed by atoms with Crippen molar-refractivity contribution >= 4 is 5.96 Å². The molecule has 4 atom stereocenters. The number of hydrogen-bond donors (Lipinski definition) is 2. The lowest BCUT2D eigenvalue weighted by Gasteiger charge is -2.40. The second kappa shape index (κ2) is 4.60. The summed E-state index contributed by atoms with van der Waals surface area (Å²) in [5.41, 5.74) is 9.04. The predicted octanol–water partition coefficient (Wildman–Crippen LogP) is 2.78. The van der Waals surface area contributed by atoms with Gasteiger partial charge in [0, 0.05) is 11.6 Å². The maximum atomic E-state index is 5.97. The van der Waals surface area contributed by atoms with E-state index in [4.69, 9.17) is 5.73 Å². The van der Waals surface area contributed by atoms with Gasteiger partial charge in [0.15, 0.2) is 5.96 Å². The summed E-state index contributed by atoms with van der Waals surface area (Å²) >= 11 is 0. The Balaban J connectivity index is 1.95. The van der Waals surface area contributed by atoms with Gasteiger partial charge in [0.2, 0.25) is 0 Å². The molecule has 18 heavy (non-hydrogen) atoms. The normalized spacial score (nSPS) is 38.2. The molecule has 0 radical (unpaired) electrons. The van der Waals surface area contributed by atoms with Gasteiger partial charge in [-0.2, -0.15) is 0 Å². The van der Waals surface area contributed by atoms with E-state index in [1.165, 1.54) is 44.2 Å². The molecule has 3 aliphatic rings. The summed E-state index contributed by atoms with van der Waals surface area (Å²) in [5.74, 6) is 2.97. The van der Waals surface area contributed by atoms with Crippen molar-refractivity contribution < 1.29 is 0 Å². The van der Waals surface area contributed by atoms with Gasteiger partial charge in [-0.15, -0.1) is 0 Å². The van der Waals surface area contributed by atoms with Gasteiger partial charge < -0.3 is 11.1 Å². The van der Waals surface area contributed by atoms with E-state index < -0.39 is 0 Å². The van der Waals surface area contributed by atoms with Crippen LogP contribution in [-0.2, 0) is 0 Å². The fraction of sp³-hybridized carbons (Fsp3) is 0.800. The zero-order valence-corrected chi connectivity index (χ0v) is 11.6. The van der Waals surface area contributed by atoms with Crippen LogP contribution in [0.25, 0.3) is 0 Å². The highest BCUT2D eigenvalue weighted by molar-refractivity contribution is 5.82. The van der Waals surface area contributed by atoms with E-state index in [1.807, 2.05) is 0 Å². The Morgan fingerprint density at radius 3 is 2.89 bits per heavy atom. The lowest BCUT2D eigenvalue weighted by Crippen LogP contribution is -2.44. The Kier molecular flexibility index (Phi) is 3.08. The molecule has 0 amide bonds. The van der Waals surface area contributed by atoms with Crippen molar-refractivity contribution in [1.82, 2.24) is 5.32 Å². The standard InChI is InChI=1S/C15H25N3/c1-3-5-9-8-10-6-7-12-13(10)14(11(9)4-2)18-15(16)17-12/h9-12H,3-8H2,1-2H3,(H3,16,17,18). The Labute approximate surface area is 110 Å². The first-order valence-electron chi connectivity index (χ1n) is 7.58. The molecule has 4 unspecified atom stereocenters. The van der Waals surface area contributed by atoms with Crippen molar-refractivity contribution in [2.45, 2.75) is 58.4 Å². The molecule has 100 valence electrons. The molecule has 0 aromatic heterocycles. The predicted molar refractivity (Wildman–Crippen MR) is 75.1 cm³/mol. The highest BCUT2D eigenvalue weighted by atomic mass is 15.1. The first-order chi connectivity index (χ1) is 8.74. The van der Waals surface area contributed by atoms with E-state index >= 15 is 0 Å². The summed E-state index contributed by atoms with van der Waals surface area (Å²) in [6, 6.07) is 0.405. The van der Waals surface area contributed by atoms with Crippen molar-refractivity contribution in [2.24, 2.45) is 28.5 Å². The average Bonchev–Trinajstić information content (AvgIpc) is 2.73. The SMILES string of the molecule is CCCC1CC2CCC3N=C(N)NC(=C23)C1CC. The minimum Gasteiger partial charge on any atom is -0.370 e. The number of nitrogens with zero attached hydrogens (tertiary/aromatic N) is 1. The van der Waals surface area contributed by atoms with E-state index in [1.54, 1.807) is 5.57 Å². The van der Waals surface area contributed by atoms with Crippen molar-refractivity contribution in [3.63, 3.8) is 0 Å². The first-order valence-corrected chi connectivity index (χ1v) is 7.58. The third-order valence-corrected chi connectivity index (χ3v) is 5.08. The lowest BCUT2D eigenvalue weighted by atomic mass is 9.70. The fourth-order valence-corrected chi connectivity index (χ4v) is 4.43. The highest BCUT2D eigenvalue weighted by Crippen LogP contribution is 2.49. The zero-order chi connectivity index (χ0) is 12.7. The van der Waals surface area contributed by atoms with Gasteiger partial charge in [-0.25, -0.2) is 4.99 Å². The third-order valence-electron chi connectivity index (χ3n) is 5.08. The number of rotatable bonds is 3. The van der Waals surface area contributed by atoms with E-state index in [9.17, 15) is 0 Å². The van der Waals surface area contributed by atoms with E-state index in [2.05, 4.69) is 24.2 Å². The molecule has 1 saturated carbocycles. The summed E-state index contributed by atoms with van der Waals surface area (Å²) in [7, 11) is 0. The number of nitrogens with two attached hydrogens (primary N) is 1. The second-order valence-corrected chi connectivity index (χ2v) is 6.10. The molecular formula is C15H25N3. The molecular weight excluding hydrogens is 222 g/mol. The van der Waals surface area contributed by atoms with Crippen LogP contribution in [-0.4, -0.2) is 12.0 Å². The highest BCUT2D eigenvalue weighted by Gasteiger charge is 2.43. The second-order valence-electron chi connectivity index (χ2n) is 6.10. The van der Waals surface area contributed by atoms with Crippen LogP contribution in [0.4, 0.5) is 0 Å². The van der Waals surface area contributed by atoms with E-state index in [0.29, 0.717) is 17.9 Å². The number of hydrogen-bond acceptors (Lipinski definition) is 3. The monoisotopic (exact) mass is 247 g/mol. The minimum atomic E-state index is 0.405. The van der Waals surface area contributed by atoms with Gasteiger partial charge in [0.1, 0.15) is 0 Å². The van der Waals surface area contributed by atoms with Crippen LogP contribution in [0.5, 0.6) is 0 Å². The Morgan fingerprint density at radius 2 is 2.17 bits per heavy atom. The average molecular weight is 247 g/mol. The molecule has 0 spiro atoms. The lowest BCUT2D eigenvalue weighted by molar-refractivity contribution is 0.255. The molecule has 0 saturated heterocycles. The van der Waals surface area contributed by atoms with Crippen LogP contribution < -0.4 is 11.1 Å². The maximum Gasteiger partial charge on any atom is 0.193 e. The van der Waals surface area contributed by atoms with E-state index in [-0.39, 0.29) is 0 Å². The van der Waals surface area contributed by atoms with Crippen molar-refractivity contribution in [3.8, 4) is 0 Å². The molecule has 0 aromatic carbocycles. The molecule has 3 N–H and O–H groups in total. The number of aliphatic imine (C=N–C) groups is 1. The van der Waals surface area contributed by atoms with Crippen molar-refractivity contribution in [3.05, 3.63) is 11.3 Å². The summed E-state index contributed by atoms with van der Waals surface area (Å²) in [6.45, 7) is 4.62. The smallest absolute Gasteiger partial charge is 0.193 e. The molecule has 0 aromatic rings. The largest absolute Gasteiger partial charge is 0.370 e. The molecule has 1 aliphatic heterocycles. The Hall–Kier alpha value is -0.990. The number of allylic oxidation sites excluding steroid dienone is 1. The van der Waals surface area contributed by atoms with Gasteiger partial charge in [-0.3, -0.25) is 0 Å². The zero-order valence-electron chi connectivity index (χ0n) is 11.6. The summed E-state index contributed by atoms with van der Waals surface area (Å²) in [5, 5.41) is 3.42. The van der Waals surface area contributed by atoms with Gasteiger partial charge >= 0.3 is 0 Å². The Morgan fingerprint density at radius 1 is 1.33 bits per heavy atom. The molecule has 2 aliphatic carbocycles. The third kappa shape index (κ3) is 1.75. The van der Waals surface area contributed by atoms with Crippen molar-refractivity contribution in [2.75, 3.05) is 0 Å². The van der Waals surface area contributed by atoms with E-state index in [0.717, 1.165) is 11.8 Å². The van der Waals surface area contributed by atoms with Crippen LogP contribution in [0.3, 0.4) is 0 Å².